The Labute approximate surface area is 116 Å². The lowest BCUT2D eigenvalue weighted by Crippen LogP contribution is -2.40. The van der Waals surface area contributed by atoms with E-state index in [9.17, 15) is 4.79 Å². The average Bonchev–Trinajstić information content (AvgIpc) is 2.34. The predicted octanol–water partition coefficient (Wildman–Crippen LogP) is 3.21. The molecule has 4 heteroatoms. The number of halogens is 1. The van der Waals surface area contributed by atoms with Gasteiger partial charge in [0.05, 0.1) is 5.92 Å². The molecular weight excluding hydrogens is 292 g/mol. The molecule has 1 saturated carbocycles. The van der Waals surface area contributed by atoms with E-state index in [1.165, 1.54) is 0 Å². The third-order valence-corrected chi connectivity index (χ3v) is 4.47. The zero-order valence-electron chi connectivity index (χ0n) is 10.6. The van der Waals surface area contributed by atoms with Gasteiger partial charge in [0.1, 0.15) is 0 Å². The summed E-state index contributed by atoms with van der Waals surface area (Å²) in [5.41, 5.74) is 7.98. The smallest absolute Gasteiger partial charge is 0.229 e. The number of nitrogens with one attached hydrogen (secondary N) is 1. The second kappa shape index (κ2) is 5.85. The fourth-order valence-electron chi connectivity index (χ4n) is 2.44. The van der Waals surface area contributed by atoms with E-state index in [4.69, 9.17) is 5.73 Å². The van der Waals surface area contributed by atoms with Crippen LogP contribution in [0.3, 0.4) is 0 Å². The molecule has 98 valence electrons. The number of amides is 1. The summed E-state index contributed by atoms with van der Waals surface area (Å²) < 4.78 is 1.05. The number of nitrogens with two attached hydrogens (primary N) is 1. The highest BCUT2D eigenvalue weighted by Gasteiger charge is 2.28. The van der Waals surface area contributed by atoms with Crippen LogP contribution in [-0.4, -0.2) is 11.9 Å². The molecular formula is C14H19BrN2O. The second-order valence-electron chi connectivity index (χ2n) is 5.01. The maximum Gasteiger partial charge on any atom is 0.229 e. The van der Waals surface area contributed by atoms with Crippen molar-refractivity contribution in [2.45, 2.75) is 38.6 Å². The second-order valence-corrected chi connectivity index (χ2v) is 5.86. The van der Waals surface area contributed by atoms with Crippen LogP contribution >= 0.6 is 15.9 Å². The largest absolute Gasteiger partial charge is 0.327 e. The van der Waals surface area contributed by atoms with Crippen molar-refractivity contribution in [2.75, 3.05) is 5.32 Å². The van der Waals surface area contributed by atoms with Gasteiger partial charge in [-0.1, -0.05) is 28.8 Å². The summed E-state index contributed by atoms with van der Waals surface area (Å²) >= 11 is 3.45. The number of benzene rings is 1. The van der Waals surface area contributed by atoms with Crippen LogP contribution in [0.2, 0.25) is 0 Å². The lowest BCUT2D eigenvalue weighted by molar-refractivity contribution is -0.121. The van der Waals surface area contributed by atoms with Crippen molar-refractivity contribution in [3.05, 3.63) is 28.2 Å². The van der Waals surface area contributed by atoms with Crippen LogP contribution < -0.4 is 11.1 Å². The molecule has 0 saturated heterocycles. The molecule has 1 aliphatic carbocycles. The van der Waals surface area contributed by atoms with E-state index in [0.29, 0.717) is 0 Å². The zero-order valence-corrected chi connectivity index (χ0v) is 12.2. The Balaban J connectivity index is 2.04. The van der Waals surface area contributed by atoms with Crippen molar-refractivity contribution in [1.82, 2.24) is 0 Å². The average molecular weight is 311 g/mol. The number of anilines is 1. The first-order valence-electron chi connectivity index (χ1n) is 6.40. The first-order valence-corrected chi connectivity index (χ1v) is 7.20. The summed E-state index contributed by atoms with van der Waals surface area (Å²) in [4.78, 5) is 12.2. The molecule has 3 N–H and O–H groups in total. The van der Waals surface area contributed by atoms with Crippen LogP contribution in [0.4, 0.5) is 5.69 Å². The van der Waals surface area contributed by atoms with Gasteiger partial charge in [0.25, 0.3) is 0 Å². The maximum atomic E-state index is 12.2. The highest BCUT2D eigenvalue weighted by molar-refractivity contribution is 9.10. The highest BCUT2D eigenvalue weighted by Crippen LogP contribution is 2.25. The first-order chi connectivity index (χ1) is 8.58. The topological polar surface area (TPSA) is 55.1 Å². The lowest BCUT2D eigenvalue weighted by Gasteiger charge is -2.27. The summed E-state index contributed by atoms with van der Waals surface area (Å²) in [5.74, 6) is 0.0200. The molecule has 18 heavy (non-hydrogen) atoms. The van der Waals surface area contributed by atoms with Gasteiger partial charge in [0, 0.05) is 16.2 Å². The molecule has 0 radical (unpaired) electrons. The number of hydrogen-bond donors (Lipinski definition) is 2. The molecule has 0 heterocycles. The summed E-state index contributed by atoms with van der Waals surface area (Å²) in [6, 6.07) is 5.83. The van der Waals surface area contributed by atoms with Crippen LogP contribution in [0, 0.1) is 12.8 Å². The van der Waals surface area contributed by atoms with Crippen molar-refractivity contribution in [2.24, 2.45) is 11.7 Å². The molecule has 1 aromatic rings. The first kappa shape index (κ1) is 13.6. The van der Waals surface area contributed by atoms with Gasteiger partial charge in [-0.15, -0.1) is 0 Å². The van der Waals surface area contributed by atoms with Crippen LogP contribution in [0.15, 0.2) is 22.7 Å². The minimum atomic E-state index is -0.0392. The van der Waals surface area contributed by atoms with Gasteiger partial charge in [0.2, 0.25) is 5.91 Å². The predicted molar refractivity (Wildman–Crippen MR) is 77.4 cm³/mol. The standard InChI is InChI=1S/C14H19BrN2O/c1-9-8-10(6-7-12(9)15)17-14(18)11-4-2-3-5-13(11)16/h6-8,11,13H,2-5,16H2,1H3,(H,17,18). The number of aryl methyl sites for hydroxylation is 1. The number of hydrogen-bond acceptors (Lipinski definition) is 2. The SMILES string of the molecule is Cc1cc(NC(=O)C2CCCCC2N)ccc1Br. The van der Waals surface area contributed by atoms with E-state index >= 15 is 0 Å². The molecule has 0 aromatic heterocycles. The summed E-state index contributed by atoms with van der Waals surface area (Å²) in [7, 11) is 0. The van der Waals surface area contributed by atoms with Crippen LogP contribution in [0.25, 0.3) is 0 Å². The summed E-state index contributed by atoms with van der Waals surface area (Å²) in [5, 5.41) is 2.97. The fourth-order valence-corrected chi connectivity index (χ4v) is 2.69. The number of carbonyl (C=O) groups excluding carboxylic acids is 1. The molecule has 0 bridgehead atoms. The number of carbonyl (C=O) groups is 1. The van der Waals surface area contributed by atoms with Crippen LogP contribution in [-0.2, 0) is 4.79 Å². The van der Waals surface area contributed by atoms with Gasteiger partial charge in [-0.2, -0.15) is 0 Å². The van der Waals surface area contributed by atoms with Gasteiger partial charge >= 0.3 is 0 Å². The van der Waals surface area contributed by atoms with Crippen molar-refractivity contribution < 1.29 is 4.79 Å². The van der Waals surface area contributed by atoms with Gasteiger partial charge < -0.3 is 11.1 Å². The quantitative estimate of drug-likeness (QED) is 0.881. The monoisotopic (exact) mass is 310 g/mol. The molecule has 2 rings (SSSR count). The van der Waals surface area contributed by atoms with E-state index in [1.807, 2.05) is 25.1 Å². The zero-order chi connectivity index (χ0) is 13.1. The van der Waals surface area contributed by atoms with E-state index < -0.39 is 0 Å². The van der Waals surface area contributed by atoms with Gasteiger partial charge in [-0.05, 0) is 43.5 Å². The normalized spacial score (nSPS) is 23.7. The Morgan fingerprint density at radius 2 is 2.11 bits per heavy atom. The molecule has 1 amide bonds. The molecule has 0 aliphatic heterocycles. The Morgan fingerprint density at radius 1 is 1.39 bits per heavy atom. The van der Waals surface area contributed by atoms with E-state index in [2.05, 4.69) is 21.2 Å². The Bertz CT molecular complexity index is 447. The summed E-state index contributed by atoms with van der Waals surface area (Å²) in [6.07, 6.45) is 4.10. The molecule has 3 nitrogen and oxygen atoms in total. The molecule has 2 unspecified atom stereocenters. The van der Waals surface area contributed by atoms with Crippen molar-refractivity contribution in [1.29, 1.82) is 0 Å². The Kier molecular flexibility index (Phi) is 4.40. The Morgan fingerprint density at radius 3 is 2.78 bits per heavy atom. The molecule has 1 aromatic carbocycles. The van der Waals surface area contributed by atoms with E-state index in [0.717, 1.165) is 41.4 Å². The third-order valence-electron chi connectivity index (χ3n) is 3.58. The minimum absolute atomic E-state index is 0.00953. The molecule has 1 fully saturated rings. The maximum absolute atomic E-state index is 12.2. The van der Waals surface area contributed by atoms with E-state index in [-0.39, 0.29) is 17.9 Å². The minimum Gasteiger partial charge on any atom is -0.327 e. The van der Waals surface area contributed by atoms with Crippen molar-refractivity contribution in [3.8, 4) is 0 Å². The Hall–Kier alpha value is -0.870. The van der Waals surface area contributed by atoms with Gasteiger partial charge in [-0.3, -0.25) is 4.79 Å². The molecule has 1 aliphatic rings. The summed E-state index contributed by atoms with van der Waals surface area (Å²) in [6.45, 7) is 2.01. The van der Waals surface area contributed by atoms with Gasteiger partial charge in [0.15, 0.2) is 0 Å². The third kappa shape index (κ3) is 3.12. The number of rotatable bonds is 2. The van der Waals surface area contributed by atoms with Crippen LogP contribution in [0.5, 0.6) is 0 Å². The van der Waals surface area contributed by atoms with Crippen molar-refractivity contribution >= 4 is 27.5 Å². The fraction of sp³-hybridized carbons (Fsp3) is 0.500. The van der Waals surface area contributed by atoms with Gasteiger partial charge in [-0.25, -0.2) is 0 Å². The highest BCUT2D eigenvalue weighted by atomic mass is 79.9. The van der Waals surface area contributed by atoms with E-state index in [1.54, 1.807) is 0 Å². The molecule has 0 spiro atoms. The molecule has 2 atom stereocenters. The van der Waals surface area contributed by atoms with Crippen LogP contribution in [0.1, 0.15) is 31.2 Å². The van der Waals surface area contributed by atoms with Crippen molar-refractivity contribution in [3.63, 3.8) is 0 Å². The lowest BCUT2D eigenvalue weighted by atomic mass is 9.84.